The third-order valence-electron chi connectivity index (χ3n) is 3.23. The lowest BCUT2D eigenvalue weighted by Gasteiger charge is -2.23. The van der Waals surface area contributed by atoms with Crippen LogP contribution in [-0.4, -0.2) is 18.9 Å². The quantitative estimate of drug-likeness (QED) is 0.544. The first-order chi connectivity index (χ1) is 7.29. The molecule has 16 heavy (non-hydrogen) atoms. The van der Waals surface area contributed by atoms with Crippen LogP contribution in [0.2, 0.25) is 0 Å². The van der Waals surface area contributed by atoms with Crippen LogP contribution in [0.3, 0.4) is 0 Å². The van der Waals surface area contributed by atoms with Crippen molar-refractivity contribution in [2.24, 2.45) is 17.8 Å². The lowest BCUT2D eigenvalue weighted by Crippen LogP contribution is -2.40. The predicted molar refractivity (Wildman–Crippen MR) is 45.8 cm³/mol. The maximum Gasteiger partial charge on any atom is 0.482 e. The fraction of sp³-hybridized carbons (Fsp3) is 0.800. The molecular weight excluding hydrogens is 231 g/mol. The van der Waals surface area contributed by atoms with E-state index in [0.717, 1.165) is 6.42 Å². The Morgan fingerprint density at radius 2 is 1.75 bits per heavy atom. The Hall–Kier alpha value is -0.650. The van der Waals surface area contributed by atoms with Crippen LogP contribution in [-0.2, 0) is 4.74 Å². The fourth-order valence-electron chi connectivity index (χ4n) is 2.38. The Bertz CT molecular complexity index is 296. The van der Waals surface area contributed by atoms with Crippen molar-refractivity contribution in [3.8, 4) is 0 Å². The SMILES string of the molecule is FC(F)(F)C(F)(F)OCC1CC2C=CC1C2. The Morgan fingerprint density at radius 1 is 1.06 bits per heavy atom. The van der Waals surface area contributed by atoms with Gasteiger partial charge >= 0.3 is 12.3 Å². The van der Waals surface area contributed by atoms with Gasteiger partial charge in [-0.2, -0.15) is 22.0 Å². The Labute approximate surface area is 89.3 Å². The normalized spacial score (nSPS) is 33.7. The molecule has 0 amide bonds. The number of ether oxygens (including phenoxy) is 1. The molecule has 3 unspecified atom stereocenters. The van der Waals surface area contributed by atoms with E-state index < -0.39 is 18.9 Å². The minimum atomic E-state index is -5.62. The van der Waals surface area contributed by atoms with Gasteiger partial charge in [-0.05, 0) is 30.6 Å². The summed E-state index contributed by atoms with van der Waals surface area (Å²) in [5.41, 5.74) is 0. The average molecular weight is 242 g/mol. The first-order valence-electron chi connectivity index (χ1n) is 5.06. The first kappa shape index (κ1) is 11.8. The van der Waals surface area contributed by atoms with Crippen molar-refractivity contribution >= 4 is 0 Å². The summed E-state index contributed by atoms with van der Waals surface area (Å²) in [6, 6.07) is 0. The van der Waals surface area contributed by atoms with Crippen LogP contribution in [0.4, 0.5) is 22.0 Å². The van der Waals surface area contributed by atoms with E-state index in [2.05, 4.69) is 4.74 Å². The largest absolute Gasteiger partial charge is 0.482 e. The third kappa shape index (κ3) is 2.07. The van der Waals surface area contributed by atoms with Crippen LogP contribution in [0, 0.1) is 17.8 Å². The van der Waals surface area contributed by atoms with Gasteiger partial charge in [0.1, 0.15) is 0 Å². The molecule has 1 fully saturated rings. The van der Waals surface area contributed by atoms with Crippen molar-refractivity contribution in [1.29, 1.82) is 0 Å². The second-order valence-corrected chi connectivity index (χ2v) is 4.37. The second kappa shape index (κ2) is 3.68. The van der Waals surface area contributed by atoms with Gasteiger partial charge in [-0.3, -0.25) is 0 Å². The van der Waals surface area contributed by atoms with Crippen molar-refractivity contribution in [3.63, 3.8) is 0 Å². The molecule has 0 saturated heterocycles. The molecule has 2 rings (SSSR count). The molecule has 0 aromatic carbocycles. The molecule has 1 saturated carbocycles. The van der Waals surface area contributed by atoms with Crippen molar-refractivity contribution in [1.82, 2.24) is 0 Å². The highest BCUT2D eigenvalue weighted by molar-refractivity contribution is 5.10. The summed E-state index contributed by atoms with van der Waals surface area (Å²) >= 11 is 0. The molecule has 2 bridgehead atoms. The monoisotopic (exact) mass is 242 g/mol. The van der Waals surface area contributed by atoms with E-state index >= 15 is 0 Å². The van der Waals surface area contributed by atoms with Crippen LogP contribution in [0.1, 0.15) is 12.8 Å². The van der Waals surface area contributed by atoms with Crippen LogP contribution in [0.15, 0.2) is 12.2 Å². The van der Waals surface area contributed by atoms with E-state index in [0.29, 0.717) is 12.3 Å². The molecule has 0 radical (unpaired) electrons. The minimum Gasteiger partial charge on any atom is -0.313 e. The topological polar surface area (TPSA) is 9.23 Å². The van der Waals surface area contributed by atoms with Crippen LogP contribution in [0.25, 0.3) is 0 Å². The molecule has 92 valence electrons. The highest BCUT2D eigenvalue weighted by atomic mass is 19.4. The fourth-order valence-corrected chi connectivity index (χ4v) is 2.38. The van der Waals surface area contributed by atoms with Gasteiger partial charge in [-0.1, -0.05) is 12.2 Å². The van der Waals surface area contributed by atoms with Crippen molar-refractivity contribution < 1.29 is 26.7 Å². The van der Waals surface area contributed by atoms with E-state index in [4.69, 9.17) is 0 Å². The molecule has 3 atom stereocenters. The van der Waals surface area contributed by atoms with Crippen molar-refractivity contribution in [3.05, 3.63) is 12.2 Å². The molecule has 2 aliphatic rings. The zero-order valence-electron chi connectivity index (χ0n) is 8.31. The highest BCUT2D eigenvalue weighted by Gasteiger charge is 2.59. The highest BCUT2D eigenvalue weighted by Crippen LogP contribution is 2.45. The average Bonchev–Trinajstić information content (AvgIpc) is 2.73. The number of fused-ring (bicyclic) bond motifs is 2. The number of alkyl halides is 5. The van der Waals surface area contributed by atoms with Gasteiger partial charge in [0.2, 0.25) is 0 Å². The maximum absolute atomic E-state index is 12.5. The number of hydrogen-bond donors (Lipinski definition) is 0. The van der Waals surface area contributed by atoms with Crippen LogP contribution >= 0.6 is 0 Å². The zero-order chi connectivity index (χ0) is 12.0. The number of halogens is 5. The third-order valence-corrected chi connectivity index (χ3v) is 3.23. The lowest BCUT2D eigenvalue weighted by molar-refractivity contribution is -0.393. The Morgan fingerprint density at radius 3 is 2.19 bits per heavy atom. The number of allylic oxidation sites excluding steroid dienone is 2. The van der Waals surface area contributed by atoms with Crippen LogP contribution in [0.5, 0.6) is 0 Å². The molecule has 1 nitrogen and oxygen atoms in total. The van der Waals surface area contributed by atoms with E-state index in [9.17, 15) is 22.0 Å². The molecule has 0 aromatic rings. The second-order valence-electron chi connectivity index (χ2n) is 4.37. The molecule has 0 heterocycles. The summed E-state index contributed by atoms with van der Waals surface area (Å²) in [6.45, 7) is -0.530. The summed E-state index contributed by atoms with van der Waals surface area (Å²) in [4.78, 5) is 0. The van der Waals surface area contributed by atoms with Crippen molar-refractivity contribution in [2.75, 3.05) is 6.61 Å². The van der Waals surface area contributed by atoms with E-state index in [1.165, 1.54) is 0 Å². The van der Waals surface area contributed by atoms with E-state index in [1.54, 1.807) is 0 Å². The maximum atomic E-state index is 12.5. The first-order valence-corrected chi connectivity index (χ1v) is 5.06. The van der Waals surface area contributed by atoms with Crippen molar-refractivity contribution in [2.45, 2.75) is 25.1 Å². The standard InChI is InChI=1S/C10H11F5O/c11-9(12,13)10(14,15)16-5-8-4-6-1-2-7(8)3-6/h1-2,6-8H,3-5H2. The van der Waals surface area contributed by atoms with Gasteiger partial charge < -0.3 is 4.74 Å². The van der Waals surface area contributed by atoms with E-state index in [1.807, 2.05) is 12.2 Å². The van der Waals surface area contributed by atoms with E-state index in [-0.39, 0.29) is 11.8 Å². The molecule has 0 aromatic heterocycles. The minimum absolute atomic E-state index is 0.106. The summed E-state index contributed by atoms with van der Waals surface area (Å²) in [7, 11) is 0. The van der Waals surface area contributed by atoms with Crippen LogP contribution < -0.4 is 0 Å². The summed E-state index contributed by atoms with van der Waals surface area (Å²) in [6.07, 6.45) is -5.28. The Balaban J connectivity index is 1.86. The smallest absolute Gasteiger partial charge is 0.313 e. The molecular formula is C10H11F5O. The zero-order valence-corrected chi connectivity index (χ0v) is 8.31. The lowest BCUT2D eigenvalue weighted by atomic mass is 9.95. The van der Waals surface area contributed by atoms with Gasteiger partial charge in [0, 0.05) is 0 Å². The molecule has 0 N–H and O–H groups in total. The van der Waals surface area contributed by atoms with Gasteiger partial charge in [-0.15, -0.1) is 0 Å². The number of hydrogen-bond acceptors (Lipinski definition) is 1. The summed E-state index contributed by atoms with van der Waals surface area (Å²) in [5.74, 6) is 0.232. The molecule has 6 heteroatoms. The van der Waals surface area contributed by atoms with Gasteiger partial charge in [-0.25, -0.2) is 0 Å². The molecule has 0 aliphatic heterocycles. The summed E-state index contributed by atoms with van der Waals surface area (Å²) in [5, 5.41) is 0. The Kier molecular flexibility index (Phi) is 2.72. The van der Waals surface area contributed by atoms with Gasteiger partial charge in [0.25, 0.3) is 0 Å². The number of rotatable bonds is 3. The summed E-state index contributed by atoms with van der Waals surface area (Å²) < 4.78 is 64.1. The molecule has 2 aliphatic carbocycles. The molecule has 0 spiro atoms. The van der Waals surface area contributed by atoms with Gasteiger partial charge in [0.15, 0.2) is 0 Å². The predicted octanol–water partition coefficient (Wildman–Crippen LogP) is 3.37. The van der Waals surface area contributed by atoms with Gasteiger partial charge in [0.05, 0.1) is 6.61 Å².